The Morgan fingerprint density at radius 1 is 1.53 bits per heavy atom. The van der Waals surface area contributed by atoms with E-state index in [0.717, 1.165) is 0 Å². The smallest absolute Gasteiger partial charge is 0.311 e. The zero-order valence-electron chi connectivity index (χ0n) is 11.5. The lowest BCUT2D eigenvalue weighted by molar-refractivity contribution is -0.159. The fourth-order valence-electron chi connectivity index (χ4n) is 2.14. The topological polar surface area (TPSA) is 42.4 Å². The average molecular weight is 266 g/mol. The molecule has 1 saturated heterocycles. The number of anilines is 1. The summed E-state index contributed by atoms with van der Waals surface area (Å²) in [5.74, 6) is -0.465. The summed E-state index contributed by atoms with van der Waals surface area (Å²) in [6.45, 7) is 6.61. The van der Waals surface area contributed by atoms with E-state index in [4.69, 9.17) is 4.74 Å². The summed E-state index contributed by atoms with van der Waals surface area (Å²) in [7, 11) is 0. The van der Waals surface area contributed by atoms with Gasteiger partial charge in [-0.15, -0.1) is 0 Å². The third-order valence-corrected chi connectivity index (χ3v) is 2.97. The number of ether oxygens (including phenoxy) is 1. The van der Waals surface area contributed by atoms with E-state index in [9.17, 15) is 9.18 Å². The Bertz CT molecular complexity index is 471. The molecule has 1 aliphatic rings. The molecule has 19 heavy (non-hydrogen) atoms. The summed E-state index contributed by atoms with van der Waals surface area (Å²) in [6, 6.07) is 2.93. The number of nitrogens with zero attached hydrogens (tertiary/aromatic N) is 2. The minimum absolute atomic E-state index is 0.208. The van der Waals surface area contributed by atoms with Crippen LogP contribution in [0.25, 0.3) is 0 Å². The van der Waals surface area contributed by atoms with Crippen LogP contribution in [0.15, 0.2) is 18.3 Å². The van der Waals surface area contributed by atoms with Crippen molar-refractivity contribution in [2.24, 2.45) is 5.92 Å². The minimum atomic E-state index is -0.485. The van der Waals surface area contributed by atoms with Crippen LogP contribution < -0.4 is 4.90 Å². The number of pyridine rings is 1. The standard InChI is InChI=1S/C14H19FN2O2/c1-14(2,3)19-13(18)10-6-8-17(9-10)12-11(15)5-4-7-16-12/h4-5,7,10H,6,8-9H2,1-3H3/t10-/m1/s1. The number of hydrogen-bond donors (Lipinski definition) is 0. The van der Waals surface area contributed by atoms with Crippen LogP contribution >= 0.6 is 0 Å². The summed E-state index contributed by atoms with van der Waals surface area (Å²) < 4.78 is 19.0. The van der Waals surface area contributed by atoms with Crippen LogP contribution in [0.5, 0.6) is 0 Å². The van der Waals surface area contributed by atoms with E-state index in [-0.39, 0.29) is 17.7 Å². The second-order valence-corrected chi connectivity index (χ2v) is 5.77. The summed E-state index contributed by atoms with van der Waals surface area (Å²) in [5, 5.41) is 0. The molecule has 5 heteroatoms. The molecule has 1 aromatic heterocycles. The van der Waals surface area contributed by atoms with Gasteiger partial charge in [-0.1, -0.05) is 0 Å². The third-order valence-electron chi connectivity index (χ3n) is 2.97. The maximum absolute atomic E-state index is 13.6. The van der Waals surface area contributed by atoms with Crippen LogP contribution in [0.2, 0.25) is 0 Å². The quantitative estimate of drug-likeness (QED) is 0.771. The van der Waals surface area contributed by atoms with Gasteiger partial charge in [0.25, 0.3) is 0 Å². The number of hydrogen-bond acceptors (Lipinski definition) is 4. The van der Waals surface area contributed by atoms with Crippen LogP contribution in [-0.2, 0) is 9.53 Å². The molecular weight excluding hydrogens is 247 g/mol. The molecule has 0 N–H and O–H groups in total. The molecule has 1 aliphatic heterocycles. The maximum atomic E-state index is 13.6. The van der Waals surface area contributed by atoms with Gasteiger partial charge < -0.3 is 9.64 Å². The number of halogens is 1. The van der Waals surface area contributed by atoms with Gasteiger partial charge in [0.05, 0.1) is 5.92 Å². The fraction of sp³-hybridized carbons (Fsp3) is 0.571. The Kier molecular flexibility index (Phi) is 3.73. The highest BCUT2D eigenvalue weighted by Gasteiger charge is 2.33. The van der Waals surface area contributed by atoms with E-state index in [1.54, 1.807) is 17.2 Å². The molecule has 1 fully saturated rings. The van der Waals surface area contributed by atoms with Crippen molar-refractivity contribution in [3.05, 3.63) is 24.1 Å². The van der Waals surface area contributed by atoms with Crippen molar-refractivity contribution in [2.45, 2.75) is 32.8 Å². The molecule has 0 spiro atoms. The molecule has 0 amide bonds. The van der Waals surface area contributed by atoms with Gasteiger partial charge in [-0.25, -0.2) is 9.37 Å². The first-order valence-corrected chi connectivity index (χ1v) is 6.45. The van der Waals surface area contributed by atoms with Crippen molar-refractivity contribution in [2.75, 3.05) is 18.0 Å². The Hall–Kier alpha value is -1.65. The van der Waals surface area contributed by atoms with Gasteiger partial charge in [0.2, 0.25) is 0 Å². The molecule has 4 nitrogen and oxygen atoms in total. The average Bonchev–Trinajstić information content (AvgIpc) is 2.76. The number of esters is 1. The second-order valence-electron chi connectivity index (χ2n) is 5.77. The minimum Gasteiger partial charge on any atom is -0.460 e. The van der Waals surface area contributed by atoms with Crippen molar-refractivity contribution >= 4 is 11.8 Å². The molecular formula is C14H19FN2O2. The molecule has 1 aromatic rings. The van der Waals surface area contributed by atoms with Crippen molar-refractivity contribution in [3.63, 3.8) is 0 Å². The summed E-state index contributed by atoms with van der Waals surface area (Å²) in [6.07, 6.45) is 2.23. The summed E-state index contributed by atoms with van der Waals surface area (Å²) >= 11 is 0. The number of carbonyl (C=O) groups excluding carboxylic acids is 1. The highest BCUT2D eigenvalue weighted by atomic mass is 19.1. The Labute approximate surface area is 112 Å². The third kappa shape index (κ3) is 3.43. The first kappa shape index (κ1) is 13.8. The van der Waals surface area contributed by atoms with E-state index >= 15 is 0 Å². The van der Waals surface area contributed by atoms with Gasteiger partial charge in [-0.3, -0.25) is 4.79 Å². The number of rotatable bonds is 2. The van der Waals surface area contributed by atoms with Crippen molar-refractivity contribution in [3.8, 4) is 0 Å². The van der Waals surface area contributed by atoms with Gasteiger partial charge in [-0.2, -0.15) is 0 Å². The van der Waals surface area contributed by atoms with Gasteiger partial charge in [0.15, 0.2) is 11.6 Å². The molecule has 0 aliphatic carbocycles. The van der Waals surface area contributed by atoms with E-state index < -0.39 is 5.60 Å². The molecule has 0 radical (unpaired) electrons. The lowest BCUT2D eigenvalue weighted by Crippen LogP contribution is -2.31. The lowest BCUT2D eigenvalue weighted by atomic mass is 10.1. The highest BCUT2D eigenvalue weighted by molar-refractivity contribution is 5.74. The van der Waals surface area contributed by atoms with Crippen LogP contribution in [0, 0.1) is 11.7 Å². The van der Waals surface area contributed by atoms with E-state index in [0.29, 0.717) is 25.3 Å². The lowest BCUT2D eigenvalue weighted by Gasteiger charge is -2.22. The summed E-state index contributed by atoms with van der Waals surface area (Å²) in [4.78, 5) is 17.8. The van der Waals surface area contributed by atoms with Gasteiger partial charge in [0, 0.05) is 19.3 Å². The Balaban J connectivity index is 2.01. The van der Waals surface area contributed by atoms with Crippen molar-refractivity contribution in [1.29, 1.82) is 0 Å². The normalized spacial score (nSPS) is 19.6. The first-order valence-electron chi connectivity index (χ1n) is 6.45. The Morgan fingerprint density at radius 3 is 2.89 bits per heavy atom. The second kappa shape index (κ2) is 5.15. The summed E-state index contributed by atoms with van der Waals surface area (Å²) in [5.41, 5.74) is -0.485. The molecule has 2 heterocycles. The largest absolute Gasteiger partial charge is 0.460 e. The predicted molar refractivity (Wildman–Crippen MR) is 70.4 cm³/mol. The molecule has 0 bridgehead atoms. The molecule has 0 aromatic carbocycles. The van der Waals surface area contributed by atoms with Crippen molar-refractivity contribution in [1.82, 2.24) is 4.98 Å². The van der Waals surface area contributed by atoms with Crippen molar-refractivity contribution < 1.29 is 13.9 Å². The monoisotopic (exact) mass is 266 g/mol. The molecule has 2 rings (SSSR count). The maximum Gasteiger partial charge on any atom is 0.311 e. The van der Waals surface area contributed by atoms with Crippen LogP contribution in [-0.4, -0.2) is 29.6 Å². The predicted octanol–water partition coefficient (Wildman–Crippen LogP) is 2.39. The van der Waals surface area contributed by atoms with Crippen LogP contribution in [0.4, 0.5) is 10.2 Å². The fourth-order valence-corrected chi connectivity index (χ4v) is 2.14. The zero-order chi connectivity index (χ0) is 14.0. The van der Waals surface area contributed by atoms with Gasteiger partial charge in [0.1, 0.15) is 5.60 Å². The van der Waals surface area contributed by atoms with Gasteiger partial charge in [-0.05, 0) is 39.3 Å². The van der Waals surface area contributed by atoms with E-state index in [2.05, 4.69) is 4.98 Å². The zero-order valence-corrected chi connectivity index (χ0v) is 11.5. The Morgan fingerprint density at radius 2 is 2.26 bits per heavy atom. The number of carbonyl (C=O) groups is 1. The van der Waals surface area contributed by atoms with E-state index in [1.165, 1.54) is 6.07 Å². The van der Waals surface area contributed by atoms with Crippen LogP contribution in [0.1, 0.15) is 27.2 Å². The SMILES string of the molecule is CC(C)(C)OC(=O)[C@@H]1CCN(c2ncccc2F)C1. The van der Waals surface area contributed by atoms with Gasteiger partial charge >= 0.3 is 5.97 Å². The number of aromatic nitrogens is 1. The molecule has 0 saturated carbocycles. The van der Waals surface area contributed by atoms with Crippen LogP contribution in [0.3, 0.4) is 0 Å². The van der Waals surface area contributed by atoms with E-state index in [1.807, 2.05) is 20.8 Å². The highest BCUT2D eigenvalue weighted by Crippen LogP contribution is 2.26. The molecule has 104 valence electrons. The molecule has 1 atom stereocenters. The molecule has 0 unspecified atom stereocenters. The first-order chi connectivity index (χ1) is 8.87.